The minimum absolute atomic E-state index is 0.158. The summed E-state index contributed by atoms with van der Waals surface area (Å²) < 4.78 is 5.27. The number of rotatable bonds is 5. The van der Waals surface area contributed by atoms with Crippen molar-refractivity contribution < 1.29 is 14.3 Å². The van der Waals surface area contributed by atoms with Crippen LogP contribution in [0.4, 0.5) is 5.69 Å². The second-order valence-corrected chi connectivity index (χ2v) is 7.70. The van der Waals surface area contributed by atoms with Gasteiger partial charge in [0.2, 0.25) is 0 Å². The van der Waals surface area contributed by atoms with Crippen molar-refractivity contribution in [2.24, 2.45) is 0 Å². The smallest absolute Gasteiger partial charge is 0.358 e. The number of nitrogens with one attached hydrogen (secondary N) is 1. The van der Waals surface area contributed by atoms with Crippen LogP contribution in [-0.4, -0.2) is 23.0 Å². The zero-order chi connectivity index (χ0) is 20.3. The zero-order valence-electron chi connectivity index (χ0n) is 15.7. The number of carbonyl (C=O) groups is 2. The van der Waals surface area contributed by atoms with Gasteiger partial charge in [-0.25, -0.2) is 9.78 Å². The van der Waals surface area contributed by atoms with Crippen LogP contribution in [0.2, 0.25) is 5.02 Å². The molecule has 0 saturated carbocycles. The van der Waals surface area contributed by atoms with E-state index in [-0.39, 0.29) is 5.69 Å². The number of esters is 1. The number of amides is 1. The van der Waals surface area contributed by atoms with E-state index in [1.807, 2.05) is 44.2 Å². The molecule has 144 valence electrons. The molecular formula is C21H19ClN2O3S. The third-order valence-electron chi connectivity index (χ3n) is 4.08. The first-order chi connectivity index (χ1) is 13.3. The highest BCUT2D eigenvalue weighted by Gasteiger charge is 2.21. The maximum absolute atomic E-state index is 12.4. The van der Waals surface area contributed by atoms with Crippen LogP contribution in [0.15, 0.2) is 47.8 Å². The molecule has 3 rings (SSSR count). The molecule has 1 aromatic heterocycles. The Morgan fingerprint density at radius 1 is 1.18 bits per heavy atom. The van der Waals surface area contributed by atoms with Gasteiger partial charge in [-0.05, 0) is 44.5 Å². The largest absolute Gasteiger partial charge is 0.448 e. The Morgan fingerprint density at radius 2 is 1.96 bits per heavy atom. The van der Waals surface area contributed by atoms with Crippen molar-refractivity contribution >= 4 is 40.5 Å². The van der Waals surface area contributed by atoms with Gasteiger partial charge in [0.25, 0.3) is 5.91 Å². The molecular weight excluding hydrogens is 396 g/mol. The summed E-state index contributed by atoms with van der Waals surface area (Å²) in [6, 6.07) is 12.9. The van der Waals surface area contributed by atoms with Crippen molar-refractivity contribution in [3.63, 3.8) is 0 Å². The zero-order valence-corrected chi connectivity index (χ0v) is 17.2. The molecule has 28 heavy (non-hydrogen) atoms. The number of thiazole rings is 1. The number of carbonyl (C=O) groups excluding carboxylic acids is 2. The lowest BCUT2D eigenvalue weighted by Gasteiger charge is -2.14. The lowest BCUT2D eigenvalue weighted by Crippen LogP contribution is -2.30. The predicted octanol–water partition coefficient (Wildman–Crippen LogP) is 5.26. The highest BCUT2D eigenvalue weighted by atomic mass is 35.5. The van der Waals surface area contributed by atoms with Crippen molar-refractivity contribution in [1.82, 2.24) is 4.98 Å². The lowest BCUT2D eigenvalue weighted by molar-refractivity contribution is -0.123. The summed E-state index contributed by atoms with van der Waals surface area (Å²) in [5, 5.41) is 5.63. The molecule has 0 bridgehead atoms. The number of aromatic nitrogens is 1. The van der Waals surface area contributed by atoms with Gasteiger partial charge in [0.05, 0.1) is 0 Å². The second-order valence-electron chi connectivity index (χ2n) is 6.40. The molecule has 0 saturated heterocycles. The Kier molecular flexibility index (Phi) is 6.11. The first-order valence-electron chi connectivity index (χ1n) is 8.64. The molecule has 1 amide bonds. The molecule has 1 N–H and O–H groups in total. The van der Waals surface area contributed by atoms with Gasteiger partial charge < -0.3 is 10.1 Å². The SMILES string of the molecule is Cc1ccc(NC(=O)[C@@H](C)OC(=O)c2csc(-c3cccc(Cl)c3)n2)c(C)c1. The molecule has 1 heterocycles. The highest BCUT2D eigenvalue weighted by molar-refractivity contribution is 7.13. The fourth-order valence-corrected chi connectivity index (χ4v) is 3.56. The molecule has 5 nitrogen and oxygen atoms in total. The van der Waals surface area contributed by atoms with Crippen molar-refractivity contribution in [2.45, 2.75) is 26.9 Å². The lowest BCUT2D eigenvalue weighted by atomic mass is 10.1. The van der Waals surface area contributed by atoms with Crippen LogP contribution < -0.4 is 5.32 Å². The quantitative estimate of drug-likeness (QED) is 0.578. The van der Waals surface area contributed by atoms with E-state index in [0.29, 0.717) is 15.7 Å². The van der Waals surface area contributed by atoms with Crippen molar-refractivity contribution in [2.75, 3.05) is 5.32 Å². The van der Waals surface area contributed by atoms with Crippen LogP contribution in [0.3, 0.4) is 0 Å². The number of nitrogens with zero attached hydrogens (tertiary/aromatic N) is 1. The molecule has 0 radical (unpaired) electrons. The van der Waals surface area contributed by atoms with E-state index < -0.39 is 18.0 Å². The van der Waals surface area contributed by atoms with E-state index in [0.717, 1.165) is 16.7 Å². The maximum atomic E-state index is 12.4. The van der Waals surface area contributed by atoms with Crippen LogP contribution in [0.5, 0.6) is 0 Å². The number of aryl methyl sites for hydroxylation is 2. The Hall–Kier alpha value is -2.70. The van der Waals surface area contributed by atoms with E-state index in [9.17, 15) is 9.59 Å². The Morgan fingerprint density at radius 3 is 2.68 bits per heavy atom. The van der Waals surface area contributed by atoms with Gasteiger partial charge in [-0.15, -0.1) is 11.3 Å². The van der Waals surface area contributed by atoms with Gasteiger partial charge in [-0.3, -0.25) is 4.79 Å². The molecule has 0 aliphatic rings. The van der Waals surface area contributed by atoms with Crippen LogP contribution >= 0.6 is 22.9 Å². The summed E-state index contributed by atoms with van der Waals surface area (Å²) in [5.41, 5.74) is 3.71. The monoisotopic (exact) mass is 414 g/mol. The van der Waals surface area contributed by atoms with E-state index in [2.05, 4.69) is 10.3 Å². The van der Waals surface area contributed by atoms with Gasteiger partial charge in [-0.2, -0.15) is 0 Å². The molecule has 1 atom stereocenters. The topological polar surface area (TPSA) is 68.3 Å². The summed E-state index contributed by atoms with van der Waals surface area (Å²) in [6.07, 6.45) is -0.954. The van der Waals surface area contributed by atoms with Gasteiger partial charge in [-0.1, -0.05) is 41.4 Å². The first-order valence-corrected chi connectivity index (χ1v) is 9.90. The number of hydrogen-bond acceptors (Lipinski definition) is 5. The number of ether oxygens (including phenoxy) is 1. The molecule has 2 aromatic carbocycles. The second kappa shape index (κ2) is 8.54. The molecule has 0 aliphatic carbocycles. The average molecular weight is 415 g/mol. The fraction of sp³-hybridized carbons (Fsp3) is 0.190. The van der Waals surface area contributed by atoms with Crippen molar-refractivity contribution in [1.29, 1.82) is 0 Å². The van der Waals surface area contributed by atoms with E-state index in [1.54, 1.807) is 17.5 Å². The van der Waals surface area contributed by atoms with Gasteiger partial charge in [0, 0.05) is 21.7 Å². The molecule has 0 fully saturated rings. The summed E-state index contributed by atoms with van der Waals surface area (Å²) in [7, 11) is 0. The predicted molar refractivity (Wildman–Crippen MR) is 112 cm³/mol. The molecule has 7 heteroatoms. The summed E-state index contributed by atoms with van der Waals surface area (Å²) in [6.45, 7) is 5.42. The molecule has 0 unspecified atom stereocenters. The van der Waals surface area contributed by atoms with Crippen molar-refractivity contribution in [3.05, 3.63) is 69.7 Å². The summed E-state index contributed by atoms with van der Waals surface area (Å²) >= 11 is 7.30. The standard InChI is InChI=1S/C21H19ClN2O3S/c1-12-7-8-17(13(2)9-12)23-19(25)14(3)27-21(26)18-11-28-20(24-18)15-5-4-6-16(22)10-15/h4-11,14H,1-3H3,(H,23,25)/t14-/m1/s1. The van der Waals surface area contributed by atoms with Gasteiger partial charge in [0.15, 0.2) is 11.8 Å². The number of benzene rings is 2. The Balaban J connectivity index is 1.64. The van der Waals surface area contributed by atoms with Crippen LogP contribution in [0.1, 0.15) is 28.5 Å². The average Bonchev–Trinajstić information content (AvgIpc) is 3.14. The molecule has 0 aliphatic heterocycles. The normalized spacial score (nSPS) is 11.7. The van der Waals surface area contributed by atoms with Gasteiger partial charge in [0.1, 0.15) is 5.01 Å². The van der Waals surface area contributed by atoms with E-state index in [1.165, 1.54) is 18.3 Å². The van der Waals surface area contributed by atoms with Crippen LogP contribution in [-0.2, 0) is 9.53 Å². The molecule has 0 spiro atoms. The highest BCUT2D eigenvalue weighted by Crippen LogP contribution is 2.26. The summed E-state index contributed by atoms with van der Waals surface area (Å²) in [5.74, 6) is -1.04. The number of hydrogen-bond donors (Lipinski definition) is 1. The third-order valence-corrected chi connectivity index (χ3v) is 5.20. The van der Waals surface area contributed by atoms with E-state index in [4.69, 9.17) is 16.3 Å². The fourth-order valence-electron chi connectivity index (χ4n) is 2.58. The molecule has 3 aromatic rings. The minimum atomic E-state index is -0.954. The first kappa shape index (κ1) is 20.0. The summed E-state index contributed by atoms with van der Waals surface area (Å²) in [4.78, 5) is 29.0. The van der Waals surface area contributed by atoms with E-state index >= 15 is 0 Å². The Bertz CT molecular complexity index is 1030. The van der Waals surface area contributed by atoms with Crippen LogP contribution in [0.25, 0.3) is 10.6 Å². The maximum Gasteiger partial charge on any atom is 0.358 e. The third kappa shape index (κ3) is 4.77. The van der Waals surface area contributed by atoms with Gasteiger partial charge >= 0.3 is 5.97 Å². The van der Waals surface area contributed by atoms with Crippen molar-refractivity contribution in [3.8, 4) is 10.6 Å². The Labute approximate surface area is 172 Å². The number of halogens is 1. The number of anilines is 1. The van der Waals surface area contributed by atoms with Crippen LogP contribution in [0, 0.1) is 13.8 Å². The minimum Gasteiger partial charge on any atom is -0.448 e.